The van der Waals surface area contributed by atoms with E-state index in [1.807, 2.05) is 0 Å². The molecule has 1 heterocycles. The number of nitrogens with one attached hydrogen (secondary N) is 1. The zero-order valence-corrected chi connectivity index (χ0v) is 11.9. The number of nitrogens with zero attached hydrogens (tertiary/aromatic N) is 1. The van der Waals surface area contributed by atoms with Crippen molar-refractivity contribution in [1.82, 2.24) is 5.32 Å². The Morgan fingerprint density at radius 3 is 2.83 bits per heavy atom. The van der Waals surface area contributed by atoms with Gasteiger partial charge < -0.3 is 10.2 Å². The summed E-state index contributed by atoms with van der Waals surface area (Å²) in [7, 11) is 0. The van der Waals surface area contributed by atoms with Crippen LogP contribution in [-0.4, -0.2) is 19.1 Å². The topological polar surface area (TPSA) is 15.3 Å². The minimum absolute atomic E-state index is 0.528. The van der Waals surface area contributed by atoms with Crippen LogP contribution in [0.2, 0.25) is 0 Å². The molecule has 0 fully saturated rings. The van der Waals surface area contributed by atoms with Gasteiger partial charge in [0, 0.05) is 24.3 Å². The fourth-order valence-corrected chi connectivity index (χ4v) is 2.92. The summed E-state index contributed by atoms with van der Waals surface area (Å²) in [6, 6.07) is 10.1. The lowest BCUT2D eigenvalue weighted by Gasteiger charge is -2.31. The second-order valence-corrected chi connectivity index (χ2v) is 5.26. The van der Waals surface area contributed by atoms with Gasteiger partial charge in [-0.2, -0.15) is 0 Å². The molecule has 0 saturated heterocycles. The van der Waals surface area contributed by atoms with E-state index in [9.17, 15) is 0 Å². The zero-order valence-electron chi connectivity index (χ0n) is 11.9. The number of benzene rings is 1. The van der Waals surface area contributed by atoms with Crippen LogP contribution < -0.4 is 10.2 Å². The van der Waals surface area contributed by atoms with E-state index in [-0.39, 0.29) is 0 Å². The lowest BCUT2D eigenvalue weighted by atomic mass is 10.0. The molecule has 1 aromatic carbocycles. The molecule has 0 spiro atoms. The first-order valence-corrected chi connectivity index (χ1v) is 7.36. The summed E-state index contributed by atoms with van der Waals surface area (Å²) in [6.07, 6.45) is 3.73. The van der Waals surface area contributed by atoms with Crippen LogP contribution in [0.4, 0.5) is 5.69 Å². The van der Waals surface area contributed by atoms with Crippen molar-refractivity contribution >= 4 is 5.69 Å². The van der Waals surface area contributed by atoms with Gasteiger partial charge in [-0.25, -0.2) is 0 Å². The molecule has 0 radical (unpaired) electrons. The highest BCUT2D eigenvalue weighted by atomic mass is 15.2. The molecule has 1 aliphatic rings. The molecule has 0 amide bonds. The number of rotatable bonds is 4. The van der Waals surface area contributed by atoms with Gasteiger partial charge in [-0.15, -0.1) is 0 Å². The Hall–Kier alpha value is -1.02. The van der Waals surface area contributed by atoms with Crippen LogP contribution in [0.15, 0.2) is 24.3 Å². The first-order chi connectivity index (χ1) is 8.77. The van der Waals surface area contributed by atoms with Gasteiger partial charge in [0.2, 0.25) is 0 Å². The van der Waals surface area contributed by atoms with Crippen LogP contribution in [0, 0.1) is 0 Å². The van der Waals surface area contributed by atoms with Crippen LogP contribution >= 0.6 is 0 Å². The highest BCUT2D eigenvalue weighted by Crippen LogP contribution is 2.34. The molecule has 1 aromatic rings. The molecule has 2 nitrogen and oxygen atoms in total. The standard InChI is InChI=1S/C16H26N2/c1-4-13(3)18-12-8-10-15(17-5-2)14-9-6-7-11-16(14)18/h6-7,9,11,13,15,17H,4-5,8,10,12H2,1-3H3. The van der Waals surface area contributed by atoms with Crippen molar-refractivity contribution in [1.29, 1.82) is 0 Å². The van der Waals surface area contributed by atoms with Gasteiger partial charge >= 0.3 is 0 Å². The molecule has 1 aliphatic heterocycles. The molecule has 0 saturated carbocycles. The predicted molar refractivity (Wildman–Crippen MR) is 79.2 cm³/mol. The summed E-state index contributed by atoms with van der Waals surface area (Å²) in [6.45, 7) is 9.04. The molecule has 2 atom stereocenters. The Labute approximate surface area is 111 Å². The first-order valence-electron chi connectivity index (χ1n) is 7.36. The summed E-state index contributed by atoms with van der Waals surface area (Å²) in [5, 5.41) is 3.63. The van der Waals surface area contributed by atoms with Crippen molar-refractivity contribution in [3.05, 3.63) is 29.8 Å². The molecule has 0 bridgehead atoms. The van der Waals surface area contributed by atoms with Crippen LogP contribution in [0.3, 0.4) is 0 Å². The molecule has 2 heteroatoms. The van der Waals surface area contributed by atoms with E-state index in [2.05, 4.69) is 55.3 Å². The van der Waals surface area contributed by atoms with E-state index in [1.165, 1.54) is 37.1 Å². The fourth-order valence-electron chi connectivity index (χ4n) is 2.92. The van der Waals surface area contributed by atoms with E-state index in [0.717, 1.165) is 6.54 Å². The van der Waals surface area contributed by atoms with Crippen molar-refractivity contribution in [3.63, 3.8) is 0 Å². The average molecular weight is 246 g/mol. The smallest absolute Gasteiger partial charge is 0.0417 e. The van der Waals surface area contributed by atoms with Gasteiger partial charge in [0.25, 0.3) is 0 Å². The van der Waals surface area contributed by atoms with E-state index >= 15 is 0 Å². The second kappa shape index (κ2) is 6.24. The van der Waals surface area contributed by atoms with E-state index in [0.29, 0.717) is 12.1 Å². The van der Waals surface area contributed by atoms with Crippen LogP contribution in [0.25, 0.3) is 0 Å². The normalized spacial score (nSPS) is 21.3. The second-order valence-electron chi connectivity index (χ2n) is 5.26. The third-order valence-electron chi connectivity index (χ3n) is 4.09. The quantitative estimate of drug-likeness (QED) is 0.870. The maximum absolute atomic E-state index is 3.63. The predicted octanol–water partition coefficient (Wildman–Crippen LogP) is 3.74. The van der Waals surface area contributed by atoms with Gasteiger partial charge in [0.05, 0.1) is 0 Å². The third kappa shape index (κ3) is 2.69. The number of para-hydroxylation sites is 1. The summed E-state index contributed by atoms with van der Waals surface area (Å²) in [5.74, 6) is 0. The monoisotopic (exact) mass is 246 g/mol. The minimum Gasteiger partial charge on any atom is -0.369 e. The van der Waals surface area contributed by atoms with Crippen molar-refractivity contribution < 1.29 is 0 Å². The number of fused-ring (bicyclic) bond motifs is 1. The molecule has 0 aliphatic carbocycles. The van der Waals surface area contributed by atoms with Crippen LogP contribution in [0.1, 0.15) is 51.6 Å². The van der Waals surface area contributed by atoms with Gasteiger partial charge in [-0.05, 0) is 44.4 Å². The molecule has 2 unspecified atom stereocenters. The molecule has 18 heavy (non-hydrogen) atoms. The number of hydrogen-bond acceptors (Lipinski definition) is 2. The highest BCUT2D eigenvalue weighted by Gasteiger charge is 2.23. The van der Waals surface area contributed by atoms with Crippen LogP contribution in [-0.2, 0) is 0 Å². The largest absolute Gasteiger partial charge is 0.369 e. The first kappa shape index (κ1) is 13.4. The Morgan fingerprint density at radius 1 is 1.33 bits per heavy atom. The van der Waals surface area contributed by atoms with Gasteiger partial charge in [0.15, 0.2) is 0 Å². The Kier molecular flexibility index (Phi) is 4.65. The van der Waals surface area contributed by atoms with E-state index < -0.39 is 0 Å². The van der Waals surface area contributed by atoms with Gasteiger partial charge in [-0.3, -0.25) is 0 Å². The van der Waals surface area contributed by atoms with Crippen LogP contribution in [0.5, 0.6) is 0 Å². The van der Waals surface area contributed by atoms with E-state index in [4.69, 9.17) is 0 Å². The molecule has 1 N–H and O–H groups in total. The maximum atomic E-state index is 3.63. The summed E-state index contributed by atoms with van der Waals surface area (Å²) in [5.41, 5.74) is 2.92. The summed E-state index contributed by atoms with van der Waals surface area (Å²) < 4.78 is 0. The van der Waals surface area contributed by atoms with Crippen molar-refractivity contribution in [3.8, 4) is 0 Å². The molecule has 0 aromatic heterocycles. The summed E-state index contributed by atoms with van der Waals surface area (Å²) in [4.78, 5) is 2.59. The highest BCUT2D eigenvalue weighted by molar-refractivity contribution is 5.56. The Balaban J connectivity index is 2.34. The molecular weight excluding hydrogens is 220 g/mol. The summed E-state index contributed by atoms with van der Waals surface area (Å²) >= 11 is 0. The molecule has 2 rings (SSSR count). The lowest BCUT2D eigenvalue weighted by Crippen LogP contribution is -2.33. The van der Waals surface area contributed by atoms with Gasteiger partial charge in [0.1, 0.15) is 0 Å². The average Bonchev–Trinajstić information content (AvgIpc) is 2.59. The van der Waals surface area contributed by atoms with Crippen molar-refractivity contribution in [2.24, 2.45) is 0 Å². The Bertz CT molecular complexity index is 375. The molecule has 100 valence electrons. The van der Waals surface area contributed by atoms with E-state index in [1.54, 1.807) is 0 Å². The van der Waals surface area contributed by atoms with Gasteiger partial charge in [-0.1, -0.05) is 32.0 Å². The number of hydrogen-bond donors (Lipinski definition) is 1. The fraction of sp³-hybridized carbons (Fsp3) is 0.625. The van der Waals surface area contributed by atoms with Crippen molar-refractivity contribution in [2.45, 2.75) is 52.1 Å². The minimum atomic E-state index is 0.528. The SMILES string of the molecule is CCNC1CCCN(C(C)CC)c2ccccc21. The number of anilines is 1. The van der Waals surface area contributed by atoms with Crippen molar-refractivity contribution in [2.75, 3.05) is 18.0 Å². The third-order valence-corrected chi connectivity index (χ3v) is 4.09. The lowest BCUT2D eigenvalue weighted by molar-refractivity contribution is 0.506. The maximum Gasteiger partial charge on any atom is 0.0417 e. The Morgan fingerprint density at radius 2 is 2.11 bits per heavy atom. The molecular formula is C16H26N2. The zero-order chi connectivity index (χ0) is 13.0.